The minimum Gasteiger partial charge on any atom is -0.486 e. The maximum absolute atomic E-state index is 12.2. The Kier molecular flexibility index (Phi) is 3.83. The number of hydrogen-bond donors (Lipinski definition) is 0. The molecular formula is C14H12N2O7. The first-order valence-electron chi connectivity index (χ1n) is 6.72. The van der Waals surface area contributed by atoms with Crippen molar-refractivity contribution in [2.75, 3.05) is 13.2 Å². The number of aromatic nitrogens is 1. The first-order valence-corrected chi connectivity index (χ1v) is 6.72. The van der Waals surface area contributed by atoms with Gasteiger partial charge in [0.2, 0.25) is 0 Å². The maximum atomic E-state index is 12.2. The summed E-state index contributed by atoms with van der Waals surface area (Å²) in [7, 11) is 0. The lowest BCUT2D eigenvalue weighted by Crippen LogP contribution is -2.17. The van der Waals surface area contributed by atoms with E-state index in [0.29, 0.717) is 24.7 Å². The summed E-state index contributed by atoms with van der Waals surface area (Å²) in [5, 5.41) is 14.8. The molecular weight excluding hydrogens is 308 g/mol. The molecule has 0 unspecified atom stereocenters. The number of fused-ring (bicyclic) bond motifs is 1. The molecule has 0 saturated heterocycles. The van der Waals surface area contributed by atoms with Gasteiger partial charge in [0.15, 0.2) is 23.9 Å². The van der Waals surface area contributed by atoms with Crippen LogP contribution in [0.25, 0.3) is 0 Å². The Morgan fingerprint density at radius 1 is 1.30 bits per heavy atom. The van der Waals surface area contributed by atoms with Crippen LogP contribution in [-0.4, -0.2) is 29.3 Å². The molecule has 9 nitrogen and oxygen atoms in total. The monoisotopic (exact) mass is 320 g/mol. The summed E-state index contributed by atoms with van der Waals surface area (Å²) in [6.07, 6.45) is 0. The lowest BCUT2D eigenvalue weighted by Gasteiger charge is -2.18. The van der Waals surface area contributed by atoms with Crippen LogP contribution in [0.15, 0.2) is 22.7 Å². The van der Waals surface area contributed by atoms with Crippen LogP contribution in [0.4, 0.5) is 5.69 Å². The van der Waals surface area contributed by atoms with E-state index in [2.05, 4.69) is 5.16 Å². The SMILES string of the molecule is Cc1cc(COC(=O)c2cc3c(cc2[N+](=O)[O-])OCCO3)on1. The fraction of sp³-hybridized carbons (Fsp3) is 0.286. The summed E-state index contributed by atoms with van der Waals surface area (Å²) in [6, 6.07) is 4.01. The minimum atomic E-state index is -0.859. The fourth-order valence-corrected chi connectivity index (χ4v) is 2.09. The van der Waals surface area contributed by atoms with Crippen molar-refractivity contribution in [3.63, 3.8) is 0 Å². The van der Waals surface area contributed by atoms with E-state index < -0.39 is 16.6 Å². The standard InChI is InChI=1S/C14H12N2O7/c1-8-4-9(23-15-8)7-22-14(17)10-5-12-13(21-3-2-20-12)6-11(10)16(18)19/h4-6H,2-3,7H2,1H3. The number of ether oxygens (including phenoxy) is 3. The molecule has 1 aromatic carbocycles. The van der Waals surface area contributed by atoms with Gasteiger partial charge >= 0.3 is 5.97 Å². The number of hydrogen-bond acceptors (Lipinski definition) is 8. The third-order valence-electron chi connectivity index (χ3n) is 3.10. The molecule has 2 aromatic rings. The van der Waals surface area contributed by atoms with Crippen molar-refractivity contribution < 1.29 is 28.5 Å². The van der Waals surface area contributed by atoms with Crippen LogP contribution in [0.3, 0.4) is 0 Å². The number of rotatable bonds is 4. The fourth-order valence-electron chi connectivity index (χ4n) is 2.09. The molecule has 23 heavy (non-hydrogen) atoms. The maximum Gasteiger partial charge on any atom is 0.345 e. The first kappa shape index (κ1) is 14.8. The number of aryl methyl sites for hydroxylation is 1. The predicted octanol–water partition coefficient (Wildman–Crippen LogP) is 2.02. The molecule has 1 aromatic heterocycles. The van der Waals surface area contributed by atoms with Crippen LogP contribution in [0, 0.1) is 17.0 Å². The van der Waals surface area contributed by atoms with Crippen molar-refractivity contribution in [3.8, 4) is 11.5 Å². The van der Waals surface area contributed by atoms with Gasteiger partial charge in [-0.3, -0.25) is 10.1 Å². The Hall–Kier alpha value is -3.10. The number of nitro benzene ring substituents is 1. The topological polar surface area (TPSA) is 114 Å². The van der Waals surface area contributed by atoms with Crippen LogP contribution < -0.4 is 9.47 Å². The van der Waals surface area contributed by atoms with Crippen molar-refractivity contribution >= 4 is 11.7 Å². The number of nitrogens with zero attached hydrogens (tertiary/aromatic N) is 2. The molecule has 1 aliphatic rings. The van der Waals surface area contributed by atoms with Gasteiger partial charge in [-0.25, -0.2) is 4.79 Å². The Labute approximate surface area is 129 Å². The zero-order chi connectivity index (χ0) is 16.4. The molecule has 0 aliphatic carbocycles. The van der Waals surface area contributed by atoms with Crippen molar-refractivity contribution in [2.45, 2.75) is 13.5 Å². The average Bonchev–Trinajstić information content (AvgIpc) is 2.96. The molecule has 0 spiro atoms. The summed E-state index contributed by atoms with van der Waals surface area (Å²) < 4.78 is 20.6. The van der Waals surface area contributed by atoms with Crippen molar-refractivity contribution in [2.24, 2.45) is 0 Å². The Morgan fingerprint density at radius 3 is 2.61 bits per heavy atom. The second kappa shape index (κ2) is 5.95. The molecule has 0 radical (unpaired) electrons. The van der Waals surface area contributed by atoms with E-state index in [1.54, 1.807) is 13.0 Å². The number of carbonyl (C=O) groups is 1. The van der Waals surface area contributed by atoms with Gasteiger partial charge in [0.25, 0.3) is 5.69 Å². The summed E-state index contributed by atoms with van der Waals surface area (Å²) >= 11 is 0. The Balaban J connectivity index is 1.84. The summed E-state index contributed by atoms with van der Waals surface area (Å²) in [6.45, 7) is 2.14. The Morgan fingerprint density at radius 2 is 2.00 bits per heavy atom. The lowest BCUT2D eigenvalue weighted by molar-refractivity contribution is -0.385. The molecule has 120 valence electrons. The first-order chi connectivity index (χ1) is 11.0. The van der Waals surface area contributed by atoms with E-state index in [-0.39, 0.29) is 23.7 Å². The van der Waals surface area contributed by atoms with Gasteiger partial charge in [-0.2, -0.15) is 0 Å². The van der Waals surface area contributed by atoms with Crippen LogP contribution in [0.1, 0.15) is 21.8 Å². The highest BCUT2D eigenvalue weighted by atomic mass is 16.6. The van der Waals surface area contributed by atoms with Crippen LogP contribution in [-0.2, 0) is 11.3 Å². The van der Waals surface area contributed by atoms with E-state index in [4.69, 9.17) is 18.7 Å². The second-order valence-corrected chi connectivity index (χ2v) is 4.78. The third kappa shape index (κ3) is 3.07. The third-order valence-corrected chi connectivity index (χ3v) is 3.10. The minimum absolute atomic E-state index is 0.175. The smallest absolute Gasteiger partial charge is 0.345 e. The zero-order valence-electron chi connectivity index (χ0n) is 12.1. The van der Waals surface area contributed by atoms with E-state index in [1.807, 2.05) is 0 Å². The quantitative estimate of drug-likeness (QED) is 0.477. The van der Waals surface area contributed by atoms with Gasteiger partial charge in [-0.15, -0.1) is 0 Å². The molecule has 2 heterocycles. The van der Waals surface area contributed by atoms with Gasteiger partial charge in [-0.1, -0.05) is 5.16 Å². The zero-order valence-corrected chi connectivity index (χ0v) is 12.1. The van der Waals surface area contributed by atoms with E-state index in [1.165, 1.54) is 6.07 Å². The lowest BCUT2D eigenvalue weighted by atomic mass is 10.1. The average molecular weight is 320 g/mol. The van der Waals surface area contributed by atoms with Gasteiger partial charge in [0.1, 0.15) is 18.8 Å². The number of benzene rings is 1. The number of nitro groups is 1. The highest BCUT2D eigenvalue weighted by Gasteiger charge is 2.27. The van der Waals surface area contributed by atoms with Gasteiger partial charge in [0, 0.05) is 12.1 Å². The molecule has 9 heteroatoms. The van der Waals surface area contributed by atoms with Crippen molar-refractivity contribution in [3.05, 3.63) is 45.3 Å². The summed E-state index contributed by atoms with van der Waals surface area (Å²) in [5.74, 6) is -0.0200. The van der Waals surface area contributed by atoms with E-state index in [9.17, 15) is 14.9 Å². The Bertz CT molecular complexity index is 768. The van der Waals surface area contributed by atoms with Crippen LogP contribution in [0.2, 0.25) is 0 Å². The number of carbonyl (C=O) groups excluding carboxylic acids is 1. The predicted molar refractivity (Wildman–Crippen MR) is 74.4 cm³/mol. The second-order valence-electron chi connectivity index (χ2n) is 4.78. The van der Waals surface area contributed by atoms with Crippen LogP contribution >= 0.6 is 0 Å². The van der Waals surface area contributed by atoms with Crippen molar-refractivity contribution in [1.29, 1.82) is 0 Å². The van der Waals surface area contributed by atoms with Gasteiger partial charge in [-0.05, 0) is 6.92 Å². The van der Waals surface area contributed by atoms with E-state index in [0.717, 1.165) is 6.07 Å². The normalized spacial score (nSPS) is 12.7. The van der Waals surface area contributed by atoms with Crippen molar-refractivity contribution in [1.82, 2.24) is 5.16 Å². The molecule has 0 fully saturated rings. The summed E-state index contributed by atoms with van der Waals surface area (Å²) in [4.78, 5) is 22.6. The van der Waals surface area contributed by atoms with E-state index >= 15 is 0 Å². The molecule has 0 atom stereocenters. The molecule has 3 rings (SSSR count). The molecule has 1 aliphatic heterocycles. The number of esters is 1. The van der Waals surface area contributed by atoms with Gasteiger partial charge in [0.05, 0.1) is 16.7 Å². The highest BCUT2D eigenvalue weighted by molar-refractivity contribution is 5.95. The molecule has 0 N–H and O–H groups in total. The largest absolute Gasteiger partial charge is 0.486 e. The highest BCUT2D eigenvalue weighted by Crippen LogP contribution is 2.36. The van der Waals surface area contributed by atoms with Crippen LogP contribution in [0.5, 0.6) is 11.5 Å². The molecule has 0 bridgehead atoms. The molecule has 0 saturated carbocycles. The summed E-state index contributed by atoms with van der Waals surface area (Å²) in [5.41, 5.74) is 0.0184. The molecule has 0 amide bonds. The van der Waals surface area contributed by atoms with Gasteiger partial charge < -0.3 is 18.7 Å².